The summed E-state index contributed by atoms with van der Waals surface area (Å²) in [6.07, 6.45) is 5.17. The van der Waals surface area contributed by atoms with Crippen molar-refractivity contribution in [2.75, 3.05) is 32.5 Å². The molecule has 2 atom stereocenters. The van der Waals surface area contributed by atoms with Gasteiger partial charge in [0, 0.05) is 26.2 Å². The van der Waals surface area contributed by atoms with E-state index in [1.807, 2.05) is 0 Å². The minimum absolute atomic E-state index is 0.0371. The predicted molar refractivity (Wildman–Crippen MR) is 80.2 cm³/mol. The second kappa shape index (κ2) is 7.20. The predicted octanol–water partition coefficient (Wildman–Crippen LogP) is 1.21. The molecule has 1 saturated heterocycles. The van der Waals surface area contributed by atoms with Crippen molar-refractivity contribution < 1.29 is 13.2 Å². The first kappa shape index (κ1) is 16.2. The molecule has 6 heteroatoms. The summed E-state index contributed by atoms with van der Waals surface area (Å²) in [5.41, 5.74) is 0. The van der Waals surface area contributed by atoms with Crippen LogP contribution in [0.4, 0.5) is 0 Å². The molecule has 0 bridgehead atoms. The molecule has 1 aliphatic heterocycles. The van der Waals surface area contributed by atoms with Crippen LogP contribution in [0.5, 0.6) is 0 Å². The molecular formula is C14H28N2O3S. The Morgan fingerprint density at radius 2 is 2.00 bits per heavy atom. The highest BCUT2D eigenvalue weighted by Gasteiger charge is 2.32. The number of hydrogen-bond donors (Lipinski definition) is 1. The van der Waals surface area contributed by atoms with Crippen LogP contribution in [0.2, 0.25) is 0 Å². The van der Waals surface area contributed by atoms with Crippen molar-refractivity contribution in [1.29, 1.82) is 0 Å². The SMILES string of the molecule is COC1CN(S(=O)(=O)CCCCNC2CC2)CCC1C. The maximum atomic E-state index is 12.3. The van der Waals surface area contributed by atoms with Gasteiger partial charge in [0.05, 0.1) is 11.9 Å². The molecule has 2 fully saturated rings. The summed E-state index contributed by atoms with van der Waals surface area (Å²) in [5, 5.41) is 3.42. The number of nitrogens with one attached hydrogen (secondary N) is 1. The molecule has 118 valence electrons. The van der Waals surface area contributed by atoms with Crippen molar-refractivity contribution in [3.63, 3.8) is 0 Å². The smallest absolute Gasteiger partial charge is 0.214 e. The number of hydrogen-bond acceptors (Lipinski definition) is 4. The van der Waals surface area contributed by atoms with Gasteiger partial charge in [-0.2, -0.15) is 4.31 Å². The third-order valence-corrected chi connectivity index (χ3v) is 6.31. The van der Waals surface area contributed by atoms with Crippen LogP contribution in [0.1, 0.15) is 39.0 Å². The number of unbranched alkanes of at least 4 members (excludes halogenated alkanes) is 1. The minimum atomic E-state index is -3.11. The lowest BCUT2D eigenvalue weighted by Crippen LogP contribution is -2.47. The first-order chi connectivity index (χ1) is 9.53. The minimum Gasteiger partial charge on any atom is -0.380 e. The molecule has 2 rings (SSSR count). The molecule has 2 unspecified atom stereocenters. The third-order valence-electron chi connectivity index (χ3n) is 4.39. The van der Waals surface area contributed by atoms with Gasteiger partial charge in [-0.25, -0.2) is 8.42 Å². The zero-order valence-corrected chi connectivity index (χ0v) is 13.5. The average Bonchev–Trinajstić information content (AvgIpc) is 3.22. The quantitative estimate of drug-likeness (QED) is 0.685. The Balaban J connectivity index is 1.71. The molecule has 1 aliphatic carbocycles. The number of rotatable bonds is 8. The Morgan fingerprint density at radius 1 is 1.25 bits per heavy atom. The van der Waals surface area contributed by atoms with Crippen molar-refractivity contribution in [2.24, 2.45) is 5.92 Å². The number of sulfonamides is 1. The first-order valence-electron chi connectivity index (χ1n) is 7.77. The van der Waals surface area contributed by atoms with Gasteiger partial charge in [0.15, 0.2) is 0 Å². The highest BCUT2D eigenvalue weighted by atomic mass is 32.2. The Bertz CT molecular complexity index is 395. The van der Waals surface area contributed by atoms with E-state index >= 15 is 0 Å². The van der Waals surface area contributed by atoms with Crippen molar-refractivity contribution in [3.05, 3.63) is 0 Å². The normalized spacial score (nSPS) is 28.7. The molecular weight excluding hydrogens is 276 g/mol. The fourth-order valence-corrected chi connectivity index (χ4v) is 4.28. The molecule has 0 amide bonds. The van der Waals surface area contributed by atoms with E-state index in [-0.39, 0.29) is 11.9 Å². The van der Waals surface area contributed by atoms with Gasteiger partial charge in [0.25, 0.3) is 0 Å². The van der Waals surface area contributed by atoms with Crippen LogP contribution in [-0.2, 0) is 14.8 Å². The van der Waals surface area contributed by atoms with Gasteiger partial charge in [-0.1, -0.05) is 6.92 Å². The van der Waals surface area contributed by atoms with Gasteiger partial charge >= 0.3 is 0 Å². The summed E-state index contributed by atoms with van der Waals surface area (Å²) < 4.78 is 31.6. The van der Waals surface area contributed by atoms with E-state index in [0.29, 0.717) is 25.0 Å². The molecule has 0 spiro atoms. The largest absolute Gasteiger partial charge is 0.380 e. The second-order valence-corrected chi connectivity index (χ2v) is 8.24. The van der Waals surface area contributed by atoms with Crippen LogP contribution in [0.15, 0.2) is 0 Å². The lowest BCUT2D eigenvalue weighted by atomic mass is 9.97. The molecule has 1 N–H and O–H groups in total. The van der Waals surface area contributed by atoms with Gasteiger partial charge in [0.2, 0.25) is 10.0 Å². The van der Waals surface area contributed by atoms with Gasteiger partial charge in [-0.15, -0.1) is 0 Å². The van der Waals surface area contributed by atoms with Crippen LogP contribution in [0.3, 0.4) is 0 Å². The van der Waals surface area contributed by atoms with E-state index in [9.17, 15) is 8.42 Å². The average molecular weight is 304 g/mol. The molecule has 5 nitrogen and oxygen atoms in total. The summed E-state index contributed by atoms with van der Waals surface area (Å²) in [6, 6.07) is 0.706. The summed E-state index contributed by atoms with van der Waals surface area (Å²) in [5.74, 6) is 0.707. The van der Waals surface area contributed by atoms with Gasteiger partial charge in [-0.3, -0.25) is 0 Å². The highest BCUT2D eigenvalue weighted by Crippen LogP contribution is 2.22. The number of ether oxygens (including phenoxy) is 1. The topological polar surface area (TPSA) is 58.6 Å². The lowest BCUT2D eigenvalue weighted by Gasteiger charge is -2.35. The third kappa shape index (κ3) is 4.69. The van der Waals surface area contributed by atoms with E-state index in [0.717, 1.165) is 25.8 Å². The monoisotopic (exact) mass is 304 g/mol. The highest BCUT2D eigenvalue weighted by molar-refractivity contribution is 7.89. The summed E-state index contributed by atoms with van der Waals surface area (Å²) in [7, 11) is -1.44. The molecule has 1 heterocycles. The van der Waals surface area contributed by atoms with Gasteiger partial charge < -0.3 is 10.1 Å². The van der Waals surface area contributed by atoms with Crippen molar-refractivity contribution in [1.82, 2.24) is 9.62 Å². The number of nitrogens with zero attached hydrogens (tertiary/aromatic N) is 1. The van der Waals surface area contributed by atoms with Crippen LogP contribution in [0.25, 0.3) is 0 Å². The molecule has 0 aromatic heterocycles. The second-order valence-electron chi connectivity index (χ2n) is 6.15. The lowest BCUT2D eigenvalue weighted by molar-refractivity contribution is 0.0184. The summed E-state index contributed by atoms with van der Waals surface area (Å²) in [4.78, 5) is 0. The van der Waals surface area contributed by atoms with Crippen LogP contribution >= 0.6 is 0 Å². The Hall–Kier alpha value is -0.170. The molecule has 2 aliphatic rings. The summed E-state index contributed by atoms with van der Waals surface area (Å²) in [6.45, 7) is 4.23. The molecule has 0 radical (unpaired) electrons. The van der Waals surface area contributed by atoms with E-state index in [2.05, 4.69) is 12.2 Å². The summed E-state index contributed by atoms with van der Waals surface area (Å²) >= 11 is 0. The zero-order valence-electron chi connectivity index (χ0n) is 12.7. The van der Waals surface area contributed by atoms with E-state index in [1.165, 1.54) is 12.8 Å². The Kier molecular flexibility index (Phi) is 5.84. The van der Waals surface area contributed by atoms with Gasteiger partial charge in [-0.05, 0) is 44.6 Å². The Labute approximate surface area is 123 Å². The maximum absolute atomic E-state index is 12.3. The maximum Gasteiger partial charge on any atom is 0.214 e. The zero-order chi connectivity index (χ0) is 14.6. The molecule has 0 aromatic carbocycles. The number of methoxy groups -OCH3 is 1. The van der Waals surface area contributed by atoms with Crippen molar-refractivity contribution in [3.8, 4) is 0 Å². The molecule has 1 saturated carbocycles. The first-order valence-corrected chi connectivity index (χ1v) is 9.38. The van der Waals surface area contributed by atoms with E-state index < -0.39 is 10.0 Å². The Morgan fingerprint density at radius 3 is 2.65 bits per heavy atom. The van der Waals surface area contributed by atoms with Crippen LogP contribution in [-0.4, -0.2) is 57.4 Å². The number of piperidine rings is 1. The van der Waals surface area contributed by atoms with E-state index in [4.69, 9.17) is 4.74 Å². The molecule has 20 heavy (non-hydrogen) atoms. The van der Waals surface area contributed by atoms with Gasteiger partial charge in [0.1, 0.15) is 0 Å². The fourth-order valence-electron chi connectivity index (χ4n) is 2.70. The van der Waals surface area contributed by atoms with Crippen LogP contribution in [0, 0.1) is 5.92 Å². The van der Waals surface area contributed by atoms with Crippen molar-refractivity contribution in [2.45, 2.75) is 51.2 Å². The van der Waals surface area contributed by atoms with Crippen molar-refractivity contribution >= 4 is 10.0 Å². The standard InChI is InChI=1S/C14H28N2O3S/c1-12-7-9-16(11-14(12)19-2)20(17,18)10-4-3-8-15-13-5-6-13/h12-15H,3-11H2,1-2H3. The van der Waals surface area contributed by atoms with E-state index in [1.54, 1.807) is 11.4 Å². The molecule has 0 aromatic rings. The van der Waals surface area contributed by atoms with Crippen LogP contribution < -0.4 is 5.32 Å². The fraction of sp³-hybridized carbons (Fsp3) is 1.00.